The highest BCUT2D eigenvalue weighted by Crippen LogP contribution is 2.21. The van der Waals surface area contributed by atoms with E-state index in [1.807, 2.05) is 19.9 Å². The average Bonchev–Trinajstić information content (AvgIpc) is 3.10. The van der Waals surface area contributed by atoms with E-state index in [1.54, 1.807) is 0 Å². The van der Waals surface area contributed by atoms with Crippen LogP contribution in [0.5, 0.6) is 0 Å². The van der Waals surface area contributed by atoms with Crippen molar-refractivity contribution in [3.05, 3.63) is 23.3 Å². The summed E-state index contributed by atoms with van der Waals surface area (Å²) in [4.78, 5) is 22.5. The van der Waals surface area contributed by atoms with Gasteiger partial charge in [0.2, 0.25) is 15.8 Å². The van der Waals surface area contributed by atoms with Crippen LogP contribution in [0.3, 0.4) is 0 Å². The highest BCUT2D eigenvalue weighted by Gasteiger charge is 2.38. The zero-order valence-corrected chi connectivity index (χ0v) is 15.9. The number of amides is 1. The van der Waals surface area contributed by atoms with Gasteiger partial charge in [0, 0.05) is 44.5 Å². The Morgan fingerprint density at radius 3 is 2.65 bits per heavy atom. The predicted octanol–water partition coefficient (Wildman–Crippen LogP) is -0.935. The summed E-state index contributed by atoms with van der Waals surface area (Å²) in [5.41, 5.74) is 1.57. The fourth-order valence-corrected chi connectivity index (χ4v) is 4.17. The summed E-state index contributed by atoms with van der Waals surface area (Å²) in [6, 6.07) is 1.83. The van der Waals surface area contributed by atoms with Crippen LogP contribution in [0, 0.1) is 19.8 Å². The number of sulfonamides is 1. The summed E-state index contributed by atoms with van der Waals surface area (Å²) in [5, 5.41) is 14.4. The van der Waals surface area contributed by atoms with E-state index in [0.717, 1.165) is 15.7 Å². The Labute approximate surface area is 151 Å². The van der Waals surface area contributed by atoms with Crippen molar-refractivity contribution in [2.24, 2.45) is 5.92 Å². The third-order valence-electron chi connectivity index (χ3n) is 4.48. The number of carbonyl (C=O) groups is 1. The van der Waals surface area contributed by atoms with Crippen molar-refractivity contribution in [3.63, 3.8) is 0 Å². The molecule has 1 aliphatic heterocycles. The van der Waals surface area contributed by atoms with E-state index in [2.05, 4.69) is 15.1 Å². The van der Waals surface area contributed by atoms with E-state index >= 15 is 0 Å². The van der Waals surface area contributed by atoms with Gasteiger partial charge in [-0.3, -0.25) is 4.79 Å². The lowest BCUT2D eigenvalue weighted by molar-refractivity contribution is 0.0753. The second kappa shape index (κ2) is 6.56. The van der Waals surface area contributed by atoms with Crippen molar-refractivity contribution in [1.29, 1.82) is 0 Å². The van der Waals surface area contributed by atoms with Crippen molar-refractivity contribution in [2.45, 2.75) is 20.0 Å². The number of fused-ring (bicyclic) bond motifs is 1. The molecule has 26 heavy (non-hydrogen) atoms. The Bertz CT molecular complexity index is 954. The van der Waals surface area contributed by atoms with Gasteiger partial charge in [0.25, 0.3) is 11.7 Å². The Hall–Kier alpha value is -2.11. The molecule has 1 saturated heterocycles. The standard InChI is InChI=1S/C15H22N6O4S/c1-9-5-10(2)21-15(16-9)17-13(18-21)14(23)20-6-11(12(22)7-20)8-26(24,25)19(3)4/h5,11-12,22H,6-8H2,1-4H3/t11-,12+/m0/s1. The van der Waals surface area contributed by atoms with Crippen molar-refractivity contribution in [1.82, 2.24) is 28.8 Å². The first kappa shape index (κ1) is 18.7. The van der Waals surface area contributed by atoms with Gasteiger partial charge in [-0.15, -0.1) is 5.10 Å². The number of carbonyl (C=O) groups excluding carboxylic acids is 1. The van der Waals surface area contributed by atoms with Crippen LogP contribution in [-0.2, 0) is 10.0 Å². The second-order valence-corrected chi connectivity index (χ2v) is 9.01. The maximum Gasteiger partial charge on any atom is 0.293 e. The van der Waals surface area contributed by atoms with E-state index in [4.69, 9.17) is 0 Å². The van der Waals surface area contributed by atoms with Crippen molar-refractivity contribution >= 4 is 21.7 Å². The highest BCUT2D eigenvalue weighted by molar-refractivity contribution is 7.89. The van der Waals surface area contributed by atoms with Gasteiger partial charge < -0.3 is 10.0 Å². The molecule has 1 fully saturated rings. The quantitative estimate of drug-likeness (QED) is 0.725. The molecule has 11 heteroatoms. The Morgan fingerprint density at radius 1 is 1.31 bits per heavy atom. The number of rotatable bonds is 4. The normalized spacial score (nSPS) is 21.1. The molecule has 2 atom stereocenters. The molecule has 0 aliphatic carbocycles. The Kier molecular flexibility index (Phi) is 4.71. The van der Waals surface area contributed by atoms with Crippen LogP contribution >= 0.6 is 0 Å². The number of hydrogen-bond acceptors (Lipinski definition) is 7. The Balaban J connectivity index is 1.80. The van der Waals surface area contributed by atoms with Crippen molar-refractivity contribution < 1.29 is 18.3 Å². The van der Waals surface area contributed by atoms with E-state index in [-0.39, 0.29) is 24.7 Å². The molecule has 0 unspecified atom stereocenters. The van der Waals surface area contributed by atoms with Crippen LogP contribution < -0.4 is 0 Å². The monoisotopic (exact) mass is 382 g/mol. The lowest BCUT2D eigenvalue weighted by Gasteiger charge is -2.17. The molecule has 0 radical (unpaired) electrons. The molecule has 1 N–H and O–H groups in total. The molecule has 0 saturated carbocycles. The number of nitrogens with zero attached hydrogens (tertiary/aromatic N) is 6. The fraction of sp³-hybridized carbons (Fsp3) is 0.600. The lowest BCUT2D eigenvalue weighted by Crippen LogP contribution is -2.33. The first-order chi connectivity index (χ1) is 12.1. The molecule has 142 valence electrons. The molecule has 10 nitrogen and oxygen atoms in total. The van der Waals surface area contributed by atoms with Gasteiger partial charge in [-0.05, 0) is 19.9 Å². The first-order valence-electron chi connectivity index (χ1n) is 8.17. The first-order valence-corrected chi connectivity index (χ1v) is 9.78. The molecular weight excluding hydrogens is 360 g/mol. The number of hydrogen-bond donors (Lipinski definition) is 1. The van der Waals surface area contributed by atoms with Crippen LogP contribution in [0.1, 0.15) is 22.0 Å². The van der Waals surface area contributed by atoms with E-state index < -0.39 is 28.0 Å². The minimum atomic E-state index is -3.47. The van der Waals surface area contributed by atoms with Crippen LogP contribution in [0.15, 0.2) is 6.07 Å². The maximum atomic E-state index is 12.7. The van der Waals surface area contributed by atoms with E-state index in [9.17, 15) is 18.3 Å². The second-order valence-electron chi connectivity index (χ2n) is 6.78. The SMILES string of the molecule is Cc1cc(C)n2nc(C(=O)N3C[C@@H](CS(=O)(=O)N(C)C)[C@H](O)C3)nc2n1. The predicted molar refractivity (Wildman–Crippen MR) is 93.1 cm³/mol. The van der Waals surface area contributed by atoms with Gasteiger partial charge >= 0.3 is 0 Å². The van der Waals surface area contributed by atoms with Crippen LogP contribution in [-0.4, -0.2) is 87.3 Å². The van der Waals surface area contributed by atoms with Gasteiger partial charge in [0.1, 0.15) is 0 Å². The minimum Gasteiger partial charge on any atom is -0.391 e. The third-order valence-corrected chi connectivity index (χ3v) is 6.45. The summed E-state index contributed by atoms with van der Waals surface area (Å²) in [6.07, 6.45) is -0.909. The van der Waals surface area contributed by atoms with Gasteiger partial charge in [0.15, 0.2) is 0 Å². The number of β-amino-alcohol motifs (C(OH)–C–C–N with tert-alkyl or cyclic N) is 1. The zero-order chi connectivity index (χ0) is 19.2. The number of aromatic nitrogens is 4. The summed E-state index contributed by atoms with van der Waals surface area (Å²) in [5.74, 6) is -0.905. The minimum absolute atomic E-state index is 0.0190. The summed E-state index contributed by atoms with van der Waals surface area (Å²) in [7, 11) is -0.585. The summed E-state index contributed by atoms with van der Waals surface area (Å²) < 4.78 is 26.7. The third kappa shape index (κ3) is 3.41. The summed E-state index contributed by atoms with van der Waals surface area (Å²) >= 11 is 0. The smallest absolute Gasteiger partial charge is 0.293 e. The van der Waals surface area contributed by atoms with Crippen molar-refractivity contribution in [2.75, 3.05) is 32.9 Å². The fourth-order valence-electron chi connectivity index (χ4n) is 3.00. The van der Waals surface area contributed by atoms with Gasteiger partial charge in [-0.2, -0.15) is 4.98 Å². The average molecular weight is 382 g/mol. The van der Waals surface area contributed by atoms with Crippen molar-refractivity contribution in [3.8, 4) is 0 Å². The van der Waals surface area contributed by atoms with Gasteiger partial charge in [-0.1, -0.05) is 0 Å². The van der Waals surface area contributed by atoms with Crippen LogP contribution in [0.25, 0.3) is 5.78 Å². The topological polar surface area (TPSA) is 121 Å². The number of aliphatic hydroxyl groups is 1. The molecule has 1 amide bonds. The molecule has 3 heterocycles. The zero-order valence-electron chi connectivity index (χ0n) is 15.1. The molecule has 0 aromatic carbocycles. The molecule has 3 rings (SSSR count). The van der Waals surface area contributed by atoms with E-state index in [0.29, 0.717) is 5.78 Å². The number of aliphatic hydroxyl groups excluding tert-OH is 1. The lowest BCUT2D eigenvalue weighted by atomic mass is 10.1. The highest BCUT2D eigenvalue weighted by atomic mass is 32.2. The molecule has 2 aromatic heterocycles. The van der Waals surface area contributed by atoms with Crippen LogP contribution in [0.4, 0.5) is 0 Å². The molecule has 1 aliphatic rings. The molecule has 0 spiro atoms. The number of likely N-dealkylation sites (tertiary alicyclic amines) is 1. The largest absolute Gasteiger partial charge is 0.391 e. The molecule has 0 bridgehead atoms. The molecule has 2 aromatic rings. The summed E-state index contributed by atoms with van der Waals surface area (Å²) in [6.45, 7) is 3.85. The number of aryl methyl sites for hydroxylation is 2. The van der Waals surface area contributed by atoms with E-state index in [1.165, 1.54) is 23.5 Å². The molecular formula is C15H22N6O4S. The Morgan fingerprint density at radius 2 is 2.00 bits per heavy atom. The van der Waals surface area contributed by atoms with Gasteiger partial charge in [0.05, 0.1) is 11.9 Å². The van der Waals surface area contributed by atoms with Gasteiger partial charge in [-0.25, -0.2) is 22.2 Å². The maximum absolute atomic E-state index is 12.7. The van der Waals surface area contributed by atoms with Crippen LogP contribution in [0.2, 0.25) is 0 Å².